The lowest BCUT2D eigenvalue weighted by Crippen LogP contribution is -2.22. The van der Waals surface area contributed by atoms with E-state index < -0.39 is 0 Å². The van der Waals surface area contributed by atoms with E-state index in [-0.39, 0.29) is 5.82 Å². The molecule has 1 saturated carbocycles. The van der Waals surface area contributed by atoms with E-state index in [1.807, 2.05) is 6.07 Å². The van der Waals surface area contributed by atoms with E-state index in [2.05, 4.69) is 22.9 Å². The Morgan fingerprint density at radius 2 is 2.00 bits per heavy atom. The Labute approximate surface area is 105 Å². The first-order chi connectivity index (χ1) is 7.65. The average Bonchev–Trinajstić information content (AvgIpc) is 2.73. The highest BCUT2D eigenvalue weighted by atomic mass is 79.9. The number of alkyl halides is 1. The van der Waals surface area contributed by atoms with Crippen LogP contribution in [0.5, 0.6) is 0 Å². The second kappa shape index (κ2) is 4.87. The molecule has 2 rings (SSSR count). The van der Waals surface area contributed by atoms with Gasteiger partial charge in [-0.3, -0.25) is 0 Å². The lowest BCUT2D eigenvalue weighted by molar-refractivity contribution is 0.345. The first-order valence-corrected chi connectivity index (χ1v) is 7.08. The molecule has 0 atom stereocenters. The van der Waals surface area contributed by atoms with Crippen molar-refractivity contribution in [3.8, 4) is 0 Å². The van der Waals surface area contributed by atoms with Crippen LogP contribution >= 0.6 is 15.9 Å². The van der Waals surface area contributed by atoms with Crippen LogP contribution in [0.4, 0.5) is 4.39 Å². The zero-order chi connectivity index (χ0) is 11.6. The summed E-state index contributed by atoms with van der Waals surface area (Å²) in [5.41, 5.74) is 2.77. The maximum absolute atomic E-state index is 13.2. The average molecular weight is 285 g/mol. The molecular formula is C14H18BrF. The number of hydrogen-bond donors (Lipinski definition) is 0. The lowest BCUT2D eigenvalue weighted by atomic mass is 9.81. The Morgan fingerprint density at radius 3 is 2.62 bits per heavy atom. The third kappa shape index (κ3) is 2.48. The van der Waals surface area contributed by atoms with Crippen LogP contribution in [-0.2, 0) is 6.42 Å². The van der Waals surface area contributed by atoms with Gasteiger partial charge < -0.3 is 0 Å². The van der Waals surface area contributed by atoms with Crippen molar-refractivity contribution in [1.29, 1.82) is 0 Å². The first kappa shape index (κ1) is 12.1. The molecule has 16 heavy (non-hydrogen) atoms. The Hall–Kier alpha value is -0.370. The van der Waals surface area contributed by atoms with Gasteiger partial charge in [-0.1, -0.05) is 34.8 Å². The second-order valence-electron chi connectivity index (χ2n) is 5.09. The Morgan fingerprint density at radius 1 is 1.31 bits per heavy atom. The minimum atomic E-state index is -0.108. The highest BCUT2D eigenvalue weighted by molar-refractivity contribution is 9.09. The lowest BCUT2D eigenvalue weighted by Gasteiger charge is -2.27. The molecule has 1 aromatic carbocycles. The van der Waals surface area contributed by atoms with Gasteiger partial charge >= 0.3 is 0 Å². The maximum atomic E-state index is 13.2. The molecule has 0 nitrogen and oxygen atoms in total. The molecule has 0 N–H and O–H groups in total. The third-order valence-corrected chi connectivity index (χ3v) is 5.01. The minimum Gasteiger partial charge on any atom is -0.207 e. The fraction of sp³-hybridized carbons (Fsp3) is 0.571. The van der Waals surface area contributed by atoms with Gasteiger partial charge in [0.25, 0.3) is 0 Å². The van der Waals surface area contributed by atoms with Gasteiger partial charge in [-0.25, -0.2) is 4.39 Å². The molecule has 2 heteroatoms. The van der Waals surface area contributed by atoms with Crippen molar-refractivity contribution >= 4 is 15.9 Å². The van der Waals surface area contributed by atoms with Gasteiger partial charge in [-0.2, -0.15) is 0 Å². The molecule has 1 aliphatic rings. The summed E-state index contributed by atoms with van der Waals surface area (Å²) in [5.74, 6) is -0.108. The summed E-state index contributed by atoms with van der Waals surface area (Å²) in [6, 6.07) is 5.15. The Kier molecular flexibility index (Phi) is 3.68. The molecule has 88 valence electrons. The number of hydrogen-bond acceptors (Lipinski definition) is 0. The largest absolute Gasteiger partial charge is 0.207 e. The van der Waals surface area contributed by atoms with E-state index in [1.165, 1.54) is 36.8 Å². The van der Waals surface area contributed by atoms with Crippen LogP contribution in [-0.4, -0.2) is 5.33 Å². The van der Waals surface area contributed by atoms with Crippen molar-refractivity contribution < 1.29 is 4.39 Å². The smallest absolute Gasteiger partial charge is 0.123 e. The summed E-state index contributed by atoms with van der Waals surface area (Å²) in [6.45, 7) is 2.08. The van der Waals surface area contributed by atoms with Crippen LogP contribution < -0.4 is 0 Å². The van der Waals surface area contributed by atoms with Gasteiger partial charge in [0.05, 0.1) is 0 Å². The van der Waals surface area contributed by atoms with Crippen LogP contribution in [0, 0.1) is 18.2 Å². The molecule has 0 aromatic heterocycles. The Bertz CT molecular complexity index is 367. The molecule has 0 amide bonds. The summed E-state index contributed by atoms with van der Waals surface area (Å²) in [7, 11) is 0. The Balaban J connectivity index is 2.21. The maximum Gasteiger partial charge on any atom is 0.123 e. The quantitative estimate of drug-likeness (QED) is 0.710. The van der Waals surface area contributed by atoms with Crippen LogP contribution in [0.2, 0.25) is 0 Å². The van der Waals surface area contributed by atoms with Gasteiger partial charge in [0.15, 0.2) is 0 Å². The SMILES string of the molecule is Cc1ccc(F)cc1CC1(CBr)CCCC1. The zero-order valence-electron chi connectivity index (χ0n) is 9.73. The fourth-order valence-electron chi connectivity index (χ4n) is 2.72. The predicted octanol–water partition coefficient (Wildman–Crippen LogP) is 4.63. The van der Waals surface area contributed by atoms with Gasteiger partial charge in [0.1, 0.15) is 5.82 Å². The van der Waals surface area contributed by atoms with Crippen LogP contribution in [0.1, 0.15) is 36.8 Å². The van der Waals surface area contributed by atoms with Crippen LogP contribution in [0.25, 0.3) is 0 Å². The molecular weight excluding hydrogens is 267 g/mol. The number of halogens is 2. The van der Waals surface area contributed by atoms with Crippen molar-refractivity contribution in [3.63, 3.8) is 0 Å². The highest BCUT2D eigenvalue weighted by Crippen LogP contribution is 2.42. The summed E-state index contributed by atoms with van der Waals surface area (Å²) in [4.78, 5) is 0. The summed E-state index contributed by atoms with van der Waals surface area (Å²) in [5, 5.41) is 1.04. The zero-order valence-corrected chi connectivity index (χ0v) is 11.3. The van der Waals surface area contributed by atoms with Gasteiger partial charge in [0.2, 0.25) is 0 Å². The summed E-state index contributed by atoms with van der Waals surface area (Å²) in [6.07, 6.45) is 6.20. The summed E-state index contributed by atoms with van der Waals surface area (Å²) >= 11 is 3.64. The van der Waals surface area contributed by atoms with Gasteiger partial charge in [-0.05, 0) is 54.9 Å². The molecule has 0 saturated heterocycles. The molecule has 1 fully saturated rings. The molecule has 0 bridgehead atoms. The van der Waals surface area contributed by atoms with Crippen molar-refractivity contribution in [2.45, 2.75) is 39.0 Å². The normalized spacial score (nSPS) is 18.9. The molecule has 0 aliphatic heterocycles. The van der Waals surface area contributed by atoms with Crippen LogP contribution in [0.15, 0.2) is 18.2 Å². The van der Waals surface area contributed by atoms with E-state index >= 15 is 0 Å². The number of benzene rings is 1. The van der Waals surface area contributed by atoms with Crippen LogP contribution in [0.3, 0.4) is 0 Å². The van der Waals surface area contributed by atoms with Gasteiger partial charge in [0, 0.05) is 5.33 Å². The van der Waals surface area contributed by atoms with Crippen molar-refractivity contribution in [3.05, 3.63) is 35.1 Å². The monoisotopic (exact) mass is 284 g/mol. The van der Waals surface area contributed by atoms with Crippen molar-refractivity contribution in [1.82, 2.24) is 0 Å². The second-order valence-corrected chi connectivity index (χ2v) is 5.65. The third-order valence-electron chi connectivity index (χ3n) is 3.82. The summed E-state index contributed by atoms with van der Waals surface area (Å²) < 4.78 is 13.2. The molecule has 1 aliphatic carbocycles. The number of aryl methyl sites for hydroxylation is 1. The topological polar surface area (TPSA) is 0 Å². The predicted molar refractivity (Wildman–Crippen MR) is 69.5 cm³/mol. The first-order valence-electron chi connectivity index (χ1n) is 5.96. The molecule has 0 heterocycles. The van der Waals surface area contributed by atoms with Crippen molar-refractivity contribution in [2.75, 3.05) is 5.33 Å². The number of rotatable bonds is 3. The van der Waals surface area contributed by atoms with Crippen molar-refractivity contribution in [2.24, 2.45) is 5.41 Å². The molecule has 0 unspecified atom stereocenters. The molecule has 0 spiro atoms. The standard InChI is InChI=1S/C14H18BrF/c1-11-4-5-13(16)8-12(11)9-14(10-15)6-2-3-7-14/h4-5,8H,2-3,6-7,9-10H2,1H3. The molecule has 0 radical (unpaired) electrons. The van der Waals surface area contributed by atoms with E-state index in [9.17, 15) is 4.39 Å². The van der Waals surface area contributed by atoms with Gasteiger partial charge in [-0.15, -0.1) is 0 Å². The minimum absolute atomic E-state index is 0.108. The molecule has 1 aromatic rings. The van der Waals surface area contributed by atoms with E-state index in [4.69, 9.17) is 0 Å². The highest BCUT2D eigenvalue weighted by Gasteiger charge is 2.33. The van der Waals surface area contributed by atoms with E-state index in [1.54, 1.807) is 12.1 Å². The van der Waals surface area contributed by atoms with E-state index in [0.29, 0.717) is 5.41 Å². The van der Waals surface area contributed by atoms with E-state index in [0.717, 1.165) is 11.8 Å². The fourth-order valence-corrected chi connectivity index (χ4v) is 3.48.